The fraction of sp³-hybridized carbons (Fsp3) is 0.429. The van der Waals surface area contributed by atoms with Gasteiger partial charge in [0.25, 0.3) is 5.91 Å². The lowest BCUT2D eigenvalue weighted by atomic mass is 10.2. The maximum Gasteiger partial charge on any atom is 0.446 e. The lowest BCUT2D eigenvalue weighted by Gasteiger charge is -2.20. The minimum Gasteiger partial charge on any atom is -0.465 e. The third-order valence-corrected chi connectivity index (χ3v) is 3.37. The van der Waals surface area contributed by atoms with Crippen LogP contribution in [0, 0.1) is 0 Å². The van der Waals surface area contributed by atoms with E-state index in [2.05, 4.69) is 0 Å². The summed E-state index contributed by atoms with van der Waals surface area (Å²) in [4.78, 5) is 24.9. The maximum absolute atomic E-state index is 12.2. The van der Waals surface area contributed by atoms with Crippen LogP contribution in [0.3, 0.4) is 0 Å². The minimum atomic E-state index is -4.37. The number of rotatable bonds is 6. The Kier molecular flexibility index (Phi) is 6.73. The van der Waals surface area contributed by atoms with Crippen LogP contribution in [-0.2, 0) is 9.53 Å². The number of amides is 1. The summed E-state index contributed by atoms with van der Waals surface area (Å²) in [6.45, 7) is 3.67. The van der Waals surface area contributed by atoms with Gasteiger partial charge in [-0.05, 0) is 49.9 Å². The number of nitrogens with zero attached hydrogens (tertiary/aromatic N) is 1. The monoisotopic (exact) mass is 335 g/mol. The topological polar surface area (TPSA) is 46.6 Å². The number of carbonyl (C=O) groups is 2. The van der Waals surface area contributed by atoms with Gasteiger partial charge < -0.3 is 9.64 Å². The highest BCUT2D eigenvalue weighted by atomic mass is 32.2. The molecule has 0 bridgehead atoms. The molecule has 0 unspecified atom stereocenters. The van der Waals surface area contributed by atoms with Gasteiger partial charge in [0.05, 0.1) is 6.61 Å². The molecule has 0 radical (unpaired) electrons. The molecule has 0 aliphatic carbocycles. The fourth-order valence-electron chi connectivity index (χ4n) is 1.67. The number of alkyl halides is 3. The van der Waals surface area contributed by atoms with Crippen molar-refractivity contribution in [3.63, 3.8) is 0 Å². The van der Waals surface area contributed by atoms with E-state index in [-0.39, 0.29) is 41.9 Å². The first-order valence-electron chi connectivity index (χ1n) is 6.57. The molecule has 1 rings (SSSR count). The molecule has 22 heavy (non-hydrogen) atoms. The first kappa shape index (κ1) is 18.3. The predicted octanol–water partition coefficient (Wildman–Crippen LogP) is 3.32. The molecule has 0 fully saturated rings. The van der Waals surface area contributed by atoms with Crippen LogP contribution in [-0.4, -0.2) is 42.0 Å². The third-order valence-electron chi connectivity index (χ3n) is 2.63. The van der Waals surface area contributed by atoms with Crippen LogP contribution in [0.2, 0.25) is 0 Å². The number of esters is 1. The fourth-order valence-corrected chi connectivity index (χ4v) is 2.21. The predicted molar refractivity (Wildman–Crippen MR) is 76.6 cm³/mol. The lowest BCUT2D eigenvalue weighted by Crippen LogP contribution is -2.36. The van der Waals surface area contributed by atoms with E-state index in [9.17, 15) is 22.8 Å². The molecule has 0 saturated carbocycles. The molecule has 4 nitrogen and oxygen atoms in total. The standard InChI is InChI=1S/C14H16F3NO3S/c1-3-18(9-12(19)21-4-2)13(20)10-5-7-11(8-6-10)22-14(15,16)17/h5-8H,3-4,9H2,1-2H3. The van der Waals surface area contributed by atoms with Crippen LogP contribution >= 0.6 is 11.8 Å². The molecule has 0 heterocycles. The van der Waals surface area contributed by atoms with Crippen molar-refractivity contribution in [3.8, 4) is 0 Å². The molecule has 0 aliphatic rings. The average molecular weight is 335 g/mol. The van der Waals surface area contributed by atoms with Crippen LogP contribution in [0.5, 0.6) is 0 Å². The summed E-state index contributed by atoms with van der Waals surface area (Å²) in [6.07, 6.45) is 0. The largest absolute Gasteiger partial charge is 0.465 e. The van der Waals surface area contributed by atoms with Crippen molar-refractivity contribution in [1.82, 2.24) is 4.90 Å². The molecule has 0 saturated heterocycles. The van der Waals surface area contributed by atoms with Crippen LogP contribution < -0.4 is 0 Å². The van der Waals surface area contributed by atoms with Gasteiger partial charge in [-0.25, -0.2) is 0 Å². The third kappa shape index (κ3) is 5.97. The van der Waals surface area contributed by atoms with Gasteiger partial charge in [-0.15, -0.1) is 0 Å². The summed E-state index contributed by atoms with van der Waals surface area (Å²) in [5.74, 6) is -0.957. The normalized spacial score (nSPS) is 11.1. The van der Waals surface area contributed by atoms with Crippen molar-refractivity contribution >= 4 is 23.6 Å². The number of thioether (sulfide) groups is 1. The van der Waals surface area contributed by atoms with E-state index < -0.39 is 17.4 Å². The van der Waals surface area contributed by atoms with Crippen molar-refractivity contribution in [1.29, 1.82) is 0 Å². The first-order chi connectivity index (χ1) is 10.3. The van der Waals surface area contributed by atoms with Crippen LogP contribution in [0.15, 0.2) is 29.2 Å². The Bertz CT molecular complexity index is 517. The summed E-state index contributed by atoms with van der Waals surface area (Å²) < 4.78 is 41.5. The van der Waals surface area contributed by atoms with E-state index in [0.717, 1.165) is 0 Å². The average Bonchev–Trinajstić information content (AvgIpc) is 2.43. The van der Waals surface area contributed by atoms with Crippen molar-refractivity contribution < 1.29 is 27.5 Å². The quantitative estimate of drug-likeness (QED) is 0.591. The molecule has 0 N–H and O–H groups in total. The highest BCUT2D eigenvalue weighted by Gasteiger charge is 2.29. The number of likely N-dealkylation sites (N-methyl/N-ethyl adjacent to an activating group) is 1. The second kappa shape index (κ2) is 8.07. The zero-order valence-corrected chi connectivity index (χ0v) is 13.0. The van der Waals surface area contributed by atoms with Crippen LogP contribution in [0.4, 0.5) is 13.2 Å². The SMILES string of the molecule is CCOC(=O)CN(CC)C(=O)c1ccc(SC(F)(F)F)cc1. The summed E-state index contributed by atoms with van der Waals surface area (Å²) in [7, 11) is 0. The Labute approximate surface area is 130 Å². The van der Waals surface area contributed by atoms with Crippen molar-refractivity contribution in [2.45, 2.75) is 24.3 Å². The number of ether oxygens (including phenoxy) is 1. The molecule has 1 aromatic rings. The number of carbonyl (C=O) groups excluding carboxylic acids is 2. The molecule has 122 valence electrons. The van der Waals surface area contributed by atoms with Gasteiger partial charge in [-0.1, -0.05) is 0 Å². The van der Waals surface area contributed by atoms with E-state index in [0.29, 0.717) is 0 Å². The van der Waals surface area contributed by atoms with E-state index in [1.165, 1.54) is 29.2 Å². The van der Waals surface area contributed by atoms with Gasteiger partial charge in [0.1, 0.15) is 6.54 Å². The van der Waals surface area contributed by atoms with Gasteiger partial charge in [0.15, 0.2) is 0 Å². The smallest absolute Gasteiger partial charge is 0.446 e. The summed E-state index contributed by atoms with van der Waals surface area (Å²) in [5, 5.41) is 0. The summed E-state index contributed by atoms with van der Waals surface area (Å²) in [6, 6.07) is 5.07. The Morgan fingerprint density at radius 3 is 2.23 bits per heavy atom. The molecule has 0 spiro atoms. The molecule has 0 aromatic heterocycles. The van der Waals surface area contributed by atoms with E-state index in [1.807, 2.05) is 0 Å². The second-order valence-electron chi connectivity index (χ2n) is 4.20. The van der Waals surface area contributed by atoms with Gasteiger partial charge in [0.2, 0.25) is 0 Å². The Hall–Kier alpha value is -1.70. The Morgan fingerprint density at radius 2 is 1.77 bits per heavy atom. The van der Waals surface area contributed by atoms with E-state index >= 15 is 0 Å². The zero-order chi connectivity index (χ0) is 16.8. The van der Waals surface area contributed by atoms with Crippen molar-refractivity contribution in [2.75, 3.05) is 19.7 Å². The number of hydrogen-bond acceptors (Lipinski definition) is 4. The molecular formula is C14H16F3NO3S. The number of halogens is 3. The van der Waals surface area contributed by atoms with E-state index in [1.54, 1.807) is 13.8 Å². The Balaban J connectivity index is 2.76. The molecule has 1 amide bonds. The summed E-state index contributed by atoms with van der Waals surface area (Å²) >= 11 is -0.246. The maximum atomic E-state index is 12.2. The molecule has 0 atom stereocenters. The summed E-state index contributed by atoms with van der Waals surface area (Å²) in [5.41, 5.74) is -4.15. The van der Waals surface area contributed by atoms with Gasteiger partial charge in [-0.3, -0.25) is 9.59 Å². The molecular weight excluding hydrogens is 319 g/mol. The van der Waals surface area contributed by atoms with Crippen LogP contribution in [0.25, 0.3) is 0 Å². The molecule has 8 heteroatoms. The van der Waals surface area contributed by atoms with Gasteiger partial charge in [0, 0.05) is 17.0 Å². The lowest BCUT2D eigenvalue weighted by molar-refractivity contribution is -0.143. The van der Waals surface area contributed by atoms with Crippen molar-refractivity contribution in [3.05, 3.63) is 29.8 Å². The van der Waals surface area contributed by atoms with Crippen LogP contribution in [0.1, 0.15) is 24.2 Å². The molecule has 1 aromatic carbocycles. The minimum absolute atomic E-state index is 0.00232. The number of benzene rings is 1. The zero-order valence-electron chi connectivity index (χ0n) is 12.1. The first-order valence-corrected chi connectivity index (χ1v) is 7.39. The van der Waals surface area contributed by atoms with Crippen molar-refractivity contribution in [2.24, 2.45) is 0 Å². The Morgan fingerprint density at radius 1 is 1.18 bits per heavy atom. The highest BCUT2D eigenvalue weighted by Crippen LogP contribution is 2.36. The van der Waals surface area contributed by atoms with E-state index in [4.69, 9.17) is 4.74 Å². The second-order valence-corrected chi connectivity index (χ2v) is 5.33. The number of hydrogen-bond donors (Lipinski definition) is 0. The molecule has 0 aliphatic heterocycles. The highest BCUT2D eigenvalue weighted by molar-refractivity contribution is 8.00. The van der Waals surface area contributed by atoms with Gasteiger partial charge >= 0.3 is 11.5 Å². The van der Waals surface area contributed by atoms with Gasteiger partial charge in [-0.2, -0.15) is 13.2 Å².